The molecular formula is C14H18N4O2. The summed E-state index contributed by atoms with van der Waals surface area (Å²) in [5, 5.41) is 10.2. The molecule has 1 aromatic carbocycles. The molecule has 6 nitrogen and oxygen atoms in total. The maximum absolute atomic E-state index is 5.19. The minimum absolute atomic E-state index is 0.564. The molecule has 20 heavy (non-hydrogen) atoms. The number of nitrogens with one attached hydrogen (secondary N) is 2. The number of methoxy groups -OCH3 is 1. The van der Waals surface area contributed by atoms with Crippen LogP contribution in [0, 0.1) is 0 Å². The second kappa shape index (κ2) is 7.18. The first-order valence-electron chi connectivity index (χ1n) is 6.28. The Hall–Kier alpha value is -2.50. The molecule has 6 heteroatoms. The third kappa shape index (κ3) is 4.01. The van der Waals surface area contributed by atoms with Crippen molar-refractivity contribution in [3.05, 3.63) is 47.9 Å². The lowest BCUT2D eigenvalue weighted by molar-refractivity contribution is 0.410. The highest BCUT2D eigenvalue weighted by molar-refractivity contribution is 5.79. The van der Waals surface area contributed by atoms with Crippen LogP contribution in [0.5, 0.6) is 5.75 Å². The highest BCUT2D eigenvalue weighted by Crippen LogP contribution is 2.11. The fourth-order valence-electron chi connectivity index (χ4n) is 1.69. The third-order valence-electron chi connectivity index (χ3n) is 2.75. The van der Waals surface area contributed by atoms with Gasteiger partial charge in [-0.2, -0.15) is 0 Å². The lowest BCUT2D eigenvalue weighted by Gasteiger charge is -2.11. The van der Waals surface area contributed by atoms with E-state index < -0.39 is 0 Å². The molecule has 2 N–H and O–H groups in total. The molecule has 0 atom stereocenters. The maximum atomic E-state index is 5.19. The van der Waals surface area contributed by atoms with Gasteiger partial charge in [0.2, 0.25) is 0 Å². The van der Waals surface area contributed by atoms with Gasteiger partial charge in [0, 0.05) is 19.7 Å². The minimum Gasteiger partial charge on any atom is -0.497 e. The van der Waals surface area contributed by atoms with Crippen molar-refractivity contribution >= 4 is 5.96 Å². The van der Waals surface area contributed by atoms with Gasteiger partial charge in [-0.25, -0.2) is 0 Å². The molecule has 0 amide bonds. The van der Waals surface area contributed by atoms with Crippen molar-refractivity contribution in [2.24, 2.45) is 4.99 Å². The summed E-state index contributed by atoms with van der Waals surface area (Å²) in [7, 11) is 3.38. The van der Waals surface area contributed by atoms with Gasteiger partial charge in [0.25, 0.3) is 0 Å². The molecule has 2 rings (SSSR count). The van der Waals surface area contributed by atoms with Crippen molar-refractivity contribution in [1.29, 1.82) is 0 Å². The molecular weight excluding hydrogens is 256 g/mol. The summed E-state index contributed by atoms with van der Waals surface area (Å²) in [6.07, 6.45) is 1.55. The van der Waals surface area contributed by atoms with Gasteiger partial charge in [0.05, 0.1) is 13.7 Å². The van der Waals surface area contributed by atoms with Crippen molar-refractivity contribution in [1.82, 2.24) is 15.8 Å². The number of nitrogens with zero attached hydrogens (tertiary/aromatic N) is 2. The molecule has 0 radical (unpaired) electrons. The summed E-state index contributed by atoms with van der Waals surface area (Å²) in [5.74, 6) is 1.55. The smallest absolute Gasteiger partial charge is 0.191 e. The Bertz CT molecular complexity index is 552. The van der Waals surface area contributed by atoms with Crippen LogP contribution in [0.15, 0.2) is 46.1 Å². The van der Waals surface area contributed by atoms with Gasteiger partial charge in [-0.05, 0) is 17.7 Å². The van der Waals surface area contributed by atoms with Crippen molar-refractivity contribution < 1.29 is 9.26 Å². The van der Waals surface area contributed by atoms with Gasteiger partial charge in [0.15, 0.2) is 5.96 Å². The van der Waals surface area contributed by atoms with Gasteiger partial charge in [-0.15, -0.1) is 0 Å². The summed E-state index contributed by atoms with van der Waals surface area (Å²) in [6.45, 7) is 1.23. The van der Waals surface area contributed by atoms with Crippen molar-refractivity contribution in [3.8, 4) is 5.75 Å². The number of hydrogen-bond donors (Lipinski definition) is 2. The van der Waals surface area contributed by atoms with Gasteiger partial charge in [0.1, 0.15) is 17.7 Å². The average molecular weight is 274 g/mol. The van der Waals surface area contributed by atoms with Crippen molar-refractivity contribution in [2.75, 3.05) is 14.2 Å². The number of guanidine groups is 1. The number of aromatic nitrogens is 1. The Balaban J connectivity index is 1.84. The molecule has 0 bridgehead atoms. The van der Waals surface area contributed by atoms with E-state index in [2.05, 4.69) is 20.8 Å². The van der Waals surface area contributed by atoms with Crippen LogP contribution in [0.25, 0.3) is 0 Å². The zero-order valence-electron chi connectivity index (χ0n) is 11.6. The molecule has 0 saturated carbocycles. The lowest BCUT2D eigenvalue weighted by atomic mass is 10.2. The summed E-state index contributed by atoms with van der Waals surface area (Å²) in [4.78, 5) is 4.15. The lowest BCUT2D eigenvalue weighted by Crippen LogP contribution is -2.36. The largest absolute Gasteiger partial charge is 0.497 e. The molecule has 1 aromatic heterocycles. The Morgan fingerprint density at radius 1 is 1.30 bits per heavy atom. The molecule has 106 valence electrons. The zero-order chi connectivity index (χ0) is 14.2. The van der Waals surface area contributed by atoms with Crippen molar-refractivity contribution in [3.63, 3.8) is 0 Å². The first-order valence-corrected chi connectivity index (χ1v) is 6.28. The Morgan fingerprint density at radius 2 is 2.15 bits per heavy atom. The van der Waals surface area contributed by atoms with E-state index >= 15 is 0 Å². The fraction of sp³-hybridized carbons (Fsp3) is 0.286. The van der Waals surface area contributed by atoms with E-state index in [1.165, 1.54) is 0 Å². The number of rotatable bonds is 5. The normalized spacial score (nSPS) is 11.2. The van der Waals surface area contributed by atoms with Crippen LogP contribution in [0.1, 0.15) is 11.3 Å². The number of benzene rings is 1. The van der Waals surface area contributed by atoms with Crippen LogP contribution in [0.3, 0.4) is 0 Å². The Labute approximate surface area is 117 Å². The van der Waals surface area contributed by atoms with Gasteiger partial charge < -0.3 is 19.9 Å². The highest BCUT2D eigenvalue weighted by atomic mass is 16.5. The van der Waals surface area contributed by atoms with E-state index in [1.54, 1.807) is 20.4 Å². The number of ether oxygens (including phenoxy) is 1. The summed E-state index contributed by atoms with van der Waals surface area (Å²) in [6, 6.07) is 9.70. The first kappa shape index (κ1) is 13.9. The SMILES string of the molecule is CN=C(NCc1cccc(OC)c1)NCc1ccon1. The van der Waals surface area contributed by atoms with E-state index in [4.69, 9.17) is 9.26 Å². The van der Waals surface area contributed by atoms with Crippen LogP contribution in [-0.2, 0) is 13.1 Å². The molecule has 0 aliphatic rings. The van der Waals surface area contributed by atoms with E-state index in [9.17, 15) is 0 Å². The molecule has 0 unspecified atom stereocenters. The molecule has 0 fully saturated rings. The molecule has 0 aliphatic heterocycles. The van der Waals surface area contributed by atoms with Crippen LogP contribution in [-0.4, -0.2) is 25.3 Å². The molecule has 0 spiro atoms. The monoisotopic (exact) mass is 274 g/mol. The molecule has 2 aromatic rings. The maximum Gasteiger partial charge on any atom is 0.191 e. The number of hydrogen-bond acceptors (Lipinski definition) is 4. The molecule has 0 aliphatic carbocycles. The fourth-order valence-corrected chi connectivity index (χ4v) is 1.69. The van der Waals surface area contributed by atoms with E-state index in [1.807, 2.05) is 30.3 Å². The second-order valence-corrected chi connectivity index (χ2v) is 4.12. The predicted molar refractivity (Wildman–Crippen MR) is 76.5 cm³/mol. The first-order chi connectivity index (χ1) is 9.81. The Kier molecular flexibility index (Phi) is 5.00. The van der Waals surface area contributed by atoms with Crippen LogP contribution >= 0.6 is 0 Å². The Morgan fingerprint density at radius 3 is 2.85 bits per heavy atom. The van der Waals surface area contributed by atoms with Crippen LogP contribution in [0.4, 0.5) is 0 Å². The van der Waals surface area contributed by atoms with Crippen molar-refractivity contribution in [2.45, 2.75) is 13.1 Å². The second-order valence-electron chi connectivity index (χ2n) is 4.12. The highest BCUT2D eigenvalue weighted by Gasteiger charge is 2.01. The van der Waals surface area contributed by atoms with Crippen LogP contribution in [0.2, 0.25) is 0 Å². The van der Waals surface area contributed by atoms with E-state index in [0.717, 1.165) is 17.0 Å². The molecule has 1 heterocycles. The van der Waals surface area contributed by atoms with E-state index in [-0.39, 0.29) is 0 Å². The topological polar surface area (TPSA) is 71.7 Å². The summed E-state index contributed by atoms with van der Waals surface area (Å²) >= 11 is 0. The third-order valence-corrected chi connectivity index (χ3v) is 2.75. The number of aliphatic imine (C=N–C) groups is 1. The minimum atomic E-state index is 0.564. The van der Waals surface area contributed by atoms with Gasteiger partial charge in [-0.1, -0.05) is 17.3 Å². The van der Waals surface area contributed by atoms with Gasteiger partial charge in [-0.3, -0.25) is 4.99 Å². The quantitative estimate of drug-likeness (QED) is 0.639. The molecule has 0 saturated heterocycles. The predicted octanol–water partition coefficient (Wildman–Crippen LogP) is 1.55. The standard InChI is InChI=1S/C14H18N4O2/c1-15-14(17-10-12-6-7-20-18-12)16-9-11-4-3-5-13(8-11)19-2/h3-8H,9-10H2,1-2H3,(H2,15,16,17). The van der Waals surface area contributed by atoms with Gasteiger partial charge >= 0.3 is 0 Å². The summed E-state index contributed by atoms with van der Waals surface area (Å²) in [5.41, 5.74) is 1.95. The summed E-state index contributed by atoms with van der Waals surface area (Å²) < 4.78 is 9.96. The van der Waals surface area contributed by atoms with Crippen LogP contribution < -0.4 is 15.4 Å². The van der Waals surface area contributed by atoms with E-state index in [0.29, 0.717) is 19.0 Å². The zero-order valence-corrected chi connectivity index (χ0v) is 11.6. The average Bonchev–Trinajstić information content (AvgIpc) is 3.01.